The third kappa shape index (κ3) is 3.59. The zero-order valence-corrected chi connectivity index (χ0v) is 10.0. The van der Waals surface area contributed by atoms with Gasteiger partial charge in [-0.15, -0.1) is 0 Å². The van der Waals surface area contributed by atoms with Crippen LogP contribution in [0.5, 0.6) is 0 Å². The molecule has 0 radical (unpaired) electrons. The summed E-state index contributed by atoms with van der Waals surface area (Å²) in [5.74, 6) is 0. The molecule has 0 aliphatic carbocycles. The van der Waals surface area contributed by atoms with Gasteiger partial charge in [0.05, 0.1) is 16.9 Å². The topological polar surface area (TPSA) is 86.5 Å². The lowest BCUT2D eigenvalue weighted by Gasteiger charge is -1.99. The van der Waals surface area contributed by atoms with E-state index in [9.17, 15) is 18.5 Å². The Hall–Kier alpha value is -1.47. The predicted octanol–water partition coefficient (Wildman–Crippen LogP) is 1.96. The Morgan fingerprint density at radius 1 is 1.19 bits per heavy atom. The fourth-order valence-electron chi connectivity index (χ4n) is 0.831. The van der Waals surface area contributed by atoms with E-state index in [0.29, 0.717) is 0 Å². The van der Waals surface area contributed by atoms with Gasteiger partial charge in [0, 0.05) is 12.1 Å². The van der Waals surface area contributed by atoms with Crippen molar-refractivity contribution in [2.75, 3.05) is 7.11 Å². The van der Waals surface area contributed by atoms with E-state index in [2.05, 4.69) is 4.18 Å². The largest absolute Gasteiger partial charge is 0.296 e. The molecule has 0 spiro atoms. The number of nitrogens with zero attached hydrogens (tertiary/aromatic N) is 1. The summed E-state index contributed by atoms with van der Waals surface area (Å²) in [6.07, 6.45) is 0. The summed E-state index contributed by atoms with van der Waals surface area (Å²) < 4.78 is 26.4. The quantitative estimate of drug-likeness (QED) is 0.463. The zero-order chi connectivity index (χ0) is 12.8. The highest BCUT2D eigenvalue weighted by Crippen LogP contribution is 2.16. The molecule has 90 valence electrons. The number of nitro groups is 1. The second kappa shape index (κ2) is 6.19. The first-order valence-corrected chi connectivity index (χ1v) is 5.93. The monoisotopic (exact) mass is 247 g/mol. The van der Waals surface area contributed by atoms with E-state index in [-0.39, 0.29) is 10.6 Å². The third-order valence-corrected chi connectivity index (χ3v) is 2.84. The maximum atomic E-state index is 11.1. The van der Waals surface area contributed by atoms with Crippen LogP contribution in [0.15, 0.2) is 29.2 Å². The molecule has 0 fully saturated rings. The van der Waals surface area contributed by atoms with Gasteiger partial charge >= 0.3 is 0 Å². The number of non-ortho nitro benzene ring substituents is 1. The molecule has 0 amide bonds. The van der Waals surface area contributed by atoms with Crippen LogP contribution in [0.3, 0.4) is 0 Å². The van der Waals surface area contributed by atoms with Gasteiger partial charge in [-0.05, 0) is 12.1 Å². The van der Waals surface area contributed by atoms with E-state index in [4.69, 9.17) is 0 Å². The number of hydrogen-bond donors (Lipinski definition) is 0. The normalized spacial score (nSPS) is 10.2. The van der Waals surface area contributed by atoms with Gasteiger partial charge in [0.1, 0.15) is 0 Å². The molecule has 0 bridgehead atoms. The van der Waals surface area contributed by atoms with Crippen LogP contribution in [0, 0.1) is 10.1 Å². The first-order chi connectivity index (χ1) is 7.47. The van der Waals surface area contributed by atoms with Crippen LogP contribution in [0.2, 0.25) is 0 Å². The Kier molecular flexibility index (Phi) is 5.62. The van der Waals surface area contributed by atoms with Gasteiger partial charge in [0.2, 0.25) is 0 Å². The Labute approximate surface area is 94.1 Å². The predicted molar refractivity (Wildman–Crippen MR) is 58.6 cm³/mol. The molecule has 0 aromatic heterocycles. The lowest BCUT2D eigenvalue weighted by molar-refractivity contribution is -0.384. The first kappa shape index (κ1) is 14.5. The number of nitro benzene ring substituents is 1. The smallest absolute Gasteiger partial charge is 0.270 e. The van der Waals surface area contributed by atoms with Crippen molar-refractivity contribution in [1.29, 1.82) is 0 Å². The highest BCUT2D eigenvalue weighted by Gasteiger charge is 2.14. The van der Waals surface area contributed by atoms with Crippen molar-refractivity contribution in [3.05, 3.63) is 34.4 Å². The molecule has 6 nitrogen and oxygen atoms in total. The van der Waals surface area contributed by atoms with E-state index in [1.165, 1.54) is 0 Å². The van der Waals surface area contributed by atoms with Crippen molar-refractivity contribution in [3.8, 4) is 0 Å². The van der Waals surface area contributed by atoms with Gasteiger partial charge in [0.15, 0.2) is 0 Å². The summed E-state index contributed by atoms with van der Waals surface area (Å²) in [6, 6.07) is 4.45. The van der Waals surface area contributed by atoms with E-state index in [1.54, 1.807) is 0 Å². The molecule has 1 aromatic rings. The number of rotatable bonds is 3. The van der Waals surface area contributed by atoms with Crippen LogP contribution >= 0.6 is 0 Å². The lowest BCUT2D eigenvalue weighted by atomic mass is 10.3. The molecular weight excluding hydrogens is 234 g/mol. The number of benzene rings is 1. The SMILES string of the molecule is CC.COS(=O)(=O)c1ccc([N+](=O)[O-])cc1. The molecule has 0 atom stereocenters. The van der Waals surface area contributed by atoms with Gasteiger partial charge in [-0.2, -0.15) is 8.42 Å². The molecule has 16 heavy (non-hydrogen) atoms. The maximum Gasteiger partial charge on any atom is 0.296 e. The Morgan fingerprint density at radius 2 is 1.62 bits per heavy atom. The molecule has 0 aliphatic rings. The Balaban J connectivity index is 0.00000106. The summed E-state index contributed by atoms with van der Waals surface area (Å²) >= 11 is 0. The Morgan fingerprint density at radius 3 is 1.94 bits per heavy atom. The van der Waals surface area contributed by atoms with Crippen molar-refractivity contribution < 1.29 is 17.5 Å². The molecule has 7 heteroatoms. The van der Waals surface area contributed by atoms with Crippen molar-refractivity contribution >= 4 is 15.8 Å². The minimum atomic E-state index is -3.76. The molecule has 0 aliphatic heterocycles. The molecule has 1 aromatic carbocycles. The van der Waals surface area contributed by atoms with Gasteiger partial charge in [-0.25, -0.2) is 0 Å². The zero-order valence-electron chi connectivity index (χ0n) is 9.21. The average Bonchev–Trinajstić information content (AvgIpc) is 2.32. The molecule has 0 heterocycles. The van der Waals surface area contributed by atoms with Crippen molar-refractivity contribution in [2.45, 2.75) is 18.7 Å². The third-order valence-electron chi connectivity index (χ3n) is 1.56. The summed E-state index contributed by atoms with van der Waals surface area (Å²) in [7, 11) is -2.74. The van der Waals surface area contributed by atoms with E-state index < -0.39 is 15.0 Å². The van der Waals surface area contributed by atoms with Crippen molar-refractivity contribution in [3.63, 3.8) is 0 Å². The Bertz CT molecular complexity index is 437. The van der Waals surface area contributed by atoms with E-state index in [1.807, 2.05) is 13.8 Å². The standard InChI is InChI=1S/C7H7NO5S.C2H6/c1-13-14(11,12)7-4-2-6(3-5-7)8(9)10;1-2/h2-5H,1H3;1-2H3. The summed E-state index contributed by atoms with van der Waals surface area (Å²) in [5, 5.41) is 10.3. The maximum absolute atomic E-state index is 11.1. The number of hydrogen-bond acceptors (Lipinski definition) is 5. The van der Waals surface area contributed by atoms with Crippen LogP contribution in [0.25, 0.3) is 0 Å². The average molecular weight is 247 g/mol. The van der Waals surface area contributed by atoms with Crippen molar-refractivity contribution in [2.24, 2.45) is 0 Å². The van der Waals surface area contributed by atoms with Crippen LogP contribution < -0.4 is 0 Å². The van der Waals surface area contributed by atoms with Gasteiger partial charge < -0.3 is 0 Å². The lowest BCUT2D eigenvalue weighted by Crippen LogP contribution is -2.02. The fraction of sp³-hybridized carbons (Fsp3) is 0.333. The van der Waals surface area contributed by atoms with E-state index in [0.717, 1.165) is 31.4 Å². The minimum Gasteiger partial charge on any atom is -0.270 e. The van der Waals surface area contributed by atoms with E-state index >= 15 is 0 Å². The second-order valence-electron chi connectivity index (χ2n) is 2.37. The molecular formula is C9H13NO5S. The molecule has 0 unspecified atom stereocenters. The van der Waals surface area contributed by atoms with Crippen LogP contribution in [-0.2, 0) is 14.3 Å². The summed E-state index contributed by atoms with van der Waals surface area (Å²) in [4.78, 5) is 9.54. The molecule has 0 saturated carbocycles. The molecule has 0 N–H and O–H groups in total. The van der Waals surface area contributed by atoms with Crippen LogP contribution in [0.4, 0.5) is 5.69 Å². The summed E-state index contributed by atoms with van der Waals surface area (Å²) in [6.45, 7) is 4.00. The highest BCUT2D eigenvalue weighted by atomic mass is 32.2. The molecule has 0 saturated heterocycles. The van der Waals surface area contributed by atoms with Gasteiger partial charge in [-0.3, -0.25) is 14.3 Å². The van der Waals surface area contributed by atoms with Gasteiger partial charge in [0.25, 0.3) is 15.8 Å². The first-order valence-electron chi connectivity index (χ1n) is 4.52. The minimum absolute atomic E-state index is 0.106. The van der Waals surface area contributed by atoms with Crippen molar-refractivity contribution in [1.82, 2.24) is 0 Å². The second-order valence-corrected chi connectivity index (χ2v) is 4.08. The van der Waals surface area contributed by atoms with Crippen LogP contribution in [-0.4, -0.2) is 20.5 Å². The fourth-order valence-corrected chi connectivity index (χ4v) is 1.49. The molecule has 1 rings (SSSR count). The highest BCUT2D eigenvalue weighted by molar-refractivity contribution is 7.86. The van der Waals surface area contributed by atoms with Crippen LogP contribution in [0.1, 0.15) is 13.8 Å². The summed E-state index contributed by atoms with van der Waals surface area (Å²) in [5.41, 5.74) is -0.167. The van der Waals surface area contributed by atoms with Gasteiger partial charge in [-0.1, -0.05) is 13.8 Å².